The van der Waals surface area contributed by atoms with Crippen LogP contribution in [0.2, 0.25) is 0 Å². The summed E-state index contributed by atoms with van der Waals surface area (Å²) < 4.78 is 0. The second-order valence-electron chi connectivity index (χ2n) is 5.10. The Kier molecular flexibility index (Phi) is 5.10. The molecule has 0 spiro atoms. The maximum atomic E-state index is 4.17. The molecular weight excluding hydrogens is 232 g/mol. The molecule has 1 aromatic heterocycles. The van der Waals surface area contributed by atoms with Crippen LogP contribution in [0.3, 0.4) is 0 Å². The van der Waals surface area contributed by atoms with E-state index in [-0.39, 0.29) is 0 Å². The van der Waals surface area contributed by atoms with Gasteiger partial charge in [0.15, 0.2) is 0 Å². The fourth-order valence-corrected chi connectivity index (χ4v) is 2.27. The van der Waals surface area contributed by atoms with Gasteiger partial charge in [0.2, 0.25) is 0 Å². The van der Waals surface area contributed by atoms with Crippen LogP contribution in [0, 0.1) is 0 Å². The Hall–Kier alpha value is -1.67. The zero-order valence-electron chi connectivity index (χ0n) is 11.7. The Morgan fingerprint density at radius 1 is 1.05 bits per heavy atom. The average Bonchev–Trinajstić information content (AvgIpc) is 2.47. The number of aromatic nitrogens is 1. The van der Waals surface area contributed by atoms with Crippen molar-refractivity contribution in [2.75, 3.05) is 0 Å². The van der Waals surface area contributed by atoms with Crippen molar-refractivity contribution in [3.05, 3.63) is 66.0 Å². The fraction of sp³-hybridized carbons (Fsp3) is 0.353. The molecule has 1 heterocycles. The van der Waals surface area contributed by atoms with Crippen LogP contribution < -0.4 is 5.32 Å². The van der Waals surface area contributed by atoms with Crippen molar-refractivity contribution >= 4 is 0 Å². The highest BCUT2D eigenvalue weighted by Gasteiger charge is 2.09. The molecule has 0 saturated carbocycles. The Bertz CT molecular complexity index is 467. The van der Waals surface area contributed by atoms with Gasteiger partial charge in [-0.2, -0.15) is 0 Å². The van der Waals surface area contributed by atoms with Crippen LogP contribution in [0.15, 0.2) is 54.9 Å². The topological polar surface area (TPSA) is 24.9 Å². The summed E-state index contributed by atoms with van der Waals surface area (Å²) in [6.07, 6.45) is 6.01. The molecule has 0 amide bonds. The van der Waals surface area contributed by atoms with Gasteiger partial charge in [-0.05, 0) is 43.9 Å². The van der Waals surface area contributed by atoms with Gasteiger partial charge in [0.05, 0.1) is 0 Å². The van der Waals surface area contributed by atoms with Crippen molar-refractivity contribution < 1.29 is 0 Å². The number of rotatable bonds is 6. The van der Waals surface area contributed by atoms with E-state index in [2.05, 4.69) is 60.5 Å². The quantitative estimate of drug-likeness (QED) is 0.849. The minimum Gasteiger partial charge on any atom is -0.308 e. The maximum Gasteiger partial charge on any atom is 0.0315 e. The molecule has 0 aliphatic rings. The first-order valence-electron chi connectivity index (χ1n) is 6.95. The predicted octanol–water partition coefficient (Wildman–Crippen LogP) is 3.75. The van der Waals surface area contributed by atoms with E-state index in [9.17, 15) is 0 Å². The molecule has 0 saturated heterocycles. The highest BCUT2D eigenvalue weighted by molar-refractivity contribution is 5.15. The minimum absolute atomic E-state index is 0.347. The number of benzene rings is 1. The van der Waals surface area contributed by atoms with Gasteiger partial charge in [0, 0.05) is 24.5 Å². The lowest BCUT2D eigenvalue weighted by molar-refractivity contribution is 0.455. The van der Waals surface area contributed by atoms with Crippen LogP contribution in [0.4, 0.5) is 0 Å². The zero-order valence-corrected chi connectivity index (χ0v) is 11.7. The molecule has 19 heavy (non-hydrogen) atoms. The highest BCUT2D eigenvalue weighted by atomic mass is 14.9. The third kappa shape index (κ3) is 4.49. The van der Waals surface area contributed by atoms with Gasteiger partial charge in [0.1, 0.15) is 0 Å². The van der Waals surface area contributed by atoms with E-state index in [4.69, 9.17) is 0 Å². The standard InChI is InChI=1S/C17H22N2/c1-14(10-11-16-7-4-3-5-8-16)19-15(2)17-9-6-12-18-13-17/h3-9,12-15,19H,10-11H2,1-2H3. The molecule has 100 valence electrons. The molecule has 2 atom stereocenters. The van der Waals surface area contributed by atoms with Gasteiger partial charge in [-0.3, -0.25) is 4.98 Å². The first-order chi connectivity index (χ1) is 9.25. The van der Waals surface area contributed by atoms with Crippen LogP contribution >= 0.6 is 0 Å². The minimum atomic E-state index is 0.347. The van der Waals surface area contributed by atoms with Crippen molar-refractivity contribution in [1.29, 1.82) is 0 Å². The van der Waals surface area contributed by atoms with Crippen molar-refractivity contribution in [3.8, 4) is 0 Å². The van der Waals surface area contributed by atoms with Crippen molar-refractivity contribution in [1.82, 2.24) is 10.3 Å². The second kappa shape index (κ2) is 7.05. The lowest BCUT2D eigenvalue weighted by atomic mass is 10.0. The van der Waals surface area contributed by atoms with Crippen LogP contribution in [0.5, 0.6) is 0 Å². The molecule has 0 aliphatic heterocycles. The predicted molar refractivity (Wildman–Crippen MR) is 80.0 cm³/mol. The fourth-order valence-electron chi connectivity index (χ4n) is 2.27. The lowest BCUT2D eigenvalue weighted by Crippen LogP contribution is -2.29. The lowest BCUT2D eigenvalue weighted by Gasteiger charge is -2.20. The van der Waals surface area contributed by atoms with Gasteiger partial charge < -0.3 is 5.32 Å². The number of hydrogen-bond donors (Lipinski definition) is 1. The average molecular weight is 254 g/mol. The summed E-state index contributed by atoms with van der Waals surface area (Å²) in [6.45, 7) is 4.44. The van der Waals surface area contributed by atoms with Crippen LogP contribution in [-0.2, 0) is 6.42 Å². The molecule has 1 N–H and O–H groups in total. The summed E-state index contributed by atoms with van der Waals surface area (Å²) in [4.78, 5) is 4.17. The zero-order chi connectivity index (χ0) is 13.5. The SMILES string of the molecule is CC(CCc1ccccc1)NC(C)c1cccnc1. The number of aryl methyl sites for hydroxylation is 1. The van der Waals surface area contributed by atoms with E-state index in [1.165, 1.54) is 11.1 Å². The maximum absolute atomic E-state index is 4.17. The molecule has 0 radical (unpaired) electrons. The molecule has 2 aromatic rings. The molecule has 0 bridgehead atoms. The van der Waals surface area contributed by atoms with Gasteiger partial charge in [-0.1, -0.05) is 36.4 Å². The van der Waals surface area contributed by atoms with Crippen molar-refractivity contribution in [2.45, 2.75) is 38.8 Å². The number of hydrogen-bond acceptors (Lipinski definition) is 2. The van der Waals surface area contributed by atoms with Gasteiger partial charge in [0.25, 0.3) is 0 Å². The van der Waals surface area contributed by atoms with E-state index < -0.39 is 0 Å². The van der Waals surface area contributed by atoms with E-state index in [0.717, 1.165) is 12.8 Å². The summed E-state index contributed by atoms with van der Waals surface area (Å²) in [6, 6.07) is 15.6. The van der Waals surface area contributed by atoms with Crippen molar-refractivity contribution in [2.24, 2.45) is 0 Å². The van der Waals surface area contributed by atoms with Crippen LogP contribution in [0.25, 0.3) is 0 Å². The summed E-state index contributed by atoms with van der Waals surface area (Å²) in [5.41, 5.74) is 2.65. The first kappa shape index (κ1) is 13.8. The van der Waals surface area contributed by atoms with E-state index in [0.29, 0.717) is 12.1 Å². The summed E-state index contributed by atoms with van der Waals surface area (Å²) in [5.74, 6) is 0. The molecule has 2 nitrogen and oxygen atoms in total. The molecule has 2 rings (SSSR count). The normalized spacial score (nSPS) is 14.0. The molecule has 2 unspecified atom stereocenters. The van der Waals surface area contributed by atoms with Gasteiger partial charge >= 0.3 is 0 Å². The van der Waals surface area contributed by atoms with E-state index >= 15 is 0 Å². The van der Waals surface area contributed by atoms with E-state index in [1.807, 2.05) is 18.5 Å². The molecule has 0 aliphatic carbocycles. The van der Waals surface area contributed by atoms with Crippen LogP contribution in [-0.4, -0.2) is 11.0 Å². The smallest absolute Gasteiger partial charge is 0.0315 e. The Labute approximate surface area is 115 Å². The molecule has 2 heteroatoms. The molecular formula is C17H22N2. The van der Waals surface area contributed by atoms with Crippen molar-refractivity contribution in [3.63, 3.8) is 0 Å². The second-order valence-corrected chi connectivity index (χ2v) is 5.10. The van der Waals surface area contributed by atoms with Gasteiger partial charge in [-0.25, -0.2) is 0 Å². The number of pyridine rings is 1. The summed E-state index contributed by atoms with van der Waals surface area (Å²) in [7, 11) is 0. The molecule has 1 aromatic carbocycles. The summed E-state index contributed by atoms with van der Waals surface area (Å²) in [5, 5.41) is 3.63. The largest absolute Gasteiger partial charge is 0.308 e. The monoisotopic (exact) mass is 254 g/mol. The highest BCUT2D eigenvalue weighted by Crippen LogP contribution is 2.12. The van der Waals surface area contributed by atoms with Gasteiger partial charge in [-0.15, -0.1) is 0 Å². The summed E-state index contributed by atoms with van der Waals surface area (Å²) >= 11 is 0. The number of nitrogens with one attached hydrogen (secondary N) is 1. The third-order valence-electron chi connectivity index (χ3n) is 3.43. The van der Waals surface area contributed by atoms with E-state index in [1.54, 1.807) is 0 Å². The molecule has 0 fully saturated rings. The number of nitrogens with zero attached hydrogens (tertiary/aromatic N) is 1. The third-order valence-corrected chi connectivity index (χ3v) is 3.43. The van der Waals surface area contributed by atoms with Crippen LogP contribution in [0.1, 0.15) is 37.4 Å². The first-order valence-corrected chi connectivity index (χ1v) is 6.95. The Balaban J connectivity index is 1.80. The Morgan fingerprint density at radius 2 is 1.84 bits per heavy atom. The Morgan fingerprint density at radius 3 is 2.53 bits per heavy atom.